The van der Waals surface area contributed by atoms with Gasteiger partial charge < -0.3 is 30.4 Å². The molecule has 1 fully saturated rings. The highest BCUT2D eigenvalue weighted by Crippen LogP contribution is 2.38. The Labute approximate surface area is 266 Å². The predicted octanol–water partition coefficient (Wildman–Crippen LogP) is 4.80. The second-order valence-corrected chi connectivity index (χ2v) is 12.0. The number of aromatic nitrogens is 1. The first-order chi connectivity index (χ1) is 21.8. The molecule has 1 aliphatic carbocycles. The smallest absolute Gasteiger partial charge is 0.270 e. The number of carbonyl (C=O) groups is 2. The van der Waals surface area contributed by atoms with Crippen LogP contribution >= 0.6 is 0 Å². The minimum absolute atomic E-state index is 0.0772. The molecule has 0 bridgehead atoms. The Balaban J connectivity index is 1.56. The maximum Gasteiger partial charge on any atom is 0.270 e. The molecule has 9 heteroatoms. The maximum atomic E-state index is 13.6. The molecule has 0 radical (unpaired) electrons. The molecule has 0 saturated heterocycles. The molecule has 45 heavy (non-hydrogen) atoms. The van der Waals surface area contributed by atoms with Gasteiger partial charge in [-0.25, -0.2) is 0 Å². The van der Waals surface area contributed by atoms with Gasteiger partial charge in [-0.05, 0) is 61.4 Å². The molecule has 0 spiro atoms. The first-order valence-corrected chi connectivity index (χ1v) is 16.2. The molecule has 1 aliphatic rings. The molecule has 242 valence electrons. The highest BCUT2D eigenvalue weighted by Gasteiger charge is 2.35. The highest BCUT2D eigenvalue weighted by molar-refractivity contribution is 5.98. The van der Waals surface area contributed by atoms with Crippen molar-refractivity contribution < 1.29 is 19.4 Å². The van der Waals surface area contributed by atoms with Crippen molar-refractivity contribution >= 4 is 11.8 Å². The lowest BCUT2D eigenvalue weighted by molar-refractivity contribution is 0.0749. The van der Waals surface area contributed by atoms with Crippen LogP contribution in [0.1, 0.15) is 90.8 Å². The number of aliphatic hydroxyl groups excluding tert-OH is 1. The Hall–Kier alpha value is -3.95. The fraction of sp³-hybridized carbons (Fsp3) is 0.472. The third kappa shape index (κ3) is 9.05. The molecule has 2 atom stereocenters. The van der Waals surface area contributed by atoms with Crippen molar-refractivity contribution in [3.05, 3.63) is 99.5 Å². The third-order valence-corrected chi connectivity index (χ3v) is 8.67. The highest BCUT2D eigenvalue weighted by atomic mass is 16.5. The zero-order valence-electron chi connectivity index (χ0n) is 26.8. The molecule has 1 heterocycles. The topological polar surface area (TPSA) is 124 Å². The number of rotatable bonds is 15. The summed E-state index contributed by atoms with van der Waals surface area (Å²) in [7, 11) is 1.66. The van der Waals surface area contributed by atoms with E-state index in [0.29, 0.717) is 19.5 Å². The van der Waals surface area contributed by atoms with E-state index in [9.17, 15) is 19.5 Å². The van der Waals surface area contributed by atoms with Crippen LogP contribution in [-0.4, -0.2) is 65.7 Å². The van der Waals surface area contributed by atoms with Crippen molar-refractivity contribution in [2.24, 2.45) is 0 Å². The fourth-order valence-electron chi connectivity index (χ4n) is 6.30. The molecule has 1 aromatic heterocycles. The van der Waals surface area contributed by atoms with Crippen molar-refractivity contribution in [2.75, 3.05) is 26.7 Å². The molecule has 4 N–H and O–H groups in total. The molecule has 2 aromatic carbocycles. The summed E-state index contributed by atoms with van der Waals surface area (Å²) in [4.78, 5) is 43.7. The zero-order chi connectivity index (χ0) is 32.2. The molecule has 3 aromatic rings. The van der Waals surface area contributed by atoms with Crippen molar-refractivity contribution in [3.63, 3.8) is 0 Å². The fourth-order valence-corrected chi connectivity index (χ4v) is 6.30. The lowest BCUT2D eigenvalue weighted by Crippen LogP contribution is -2.53. The predicted molar refractivity (Wildman–Crippen MR) is 177 cm³/mol. The quantitative estimate of drug-likeness (QED) is 0.195. The molecule has 9 nitrogen and oxygen atoms in total. The van der Waals surface area contributed by atoms with Crippen LogP contribution in [0.15, 0.2) is 71.5 Å². The number of nitrogens with zero attached hydrogens (tertiary/aromatic N) is 1. The van der Waals surface area contributed by atoms with Crippen LogP contribution in [0.2, 0.25) is 0 Å². The van der Waals surface area contributed by atoms with Crippen LogP contribution in [0.4, 0.5) is 0 Å². The van der Waals surface area contributed by atoms with Crippen LogP contribution < -0.4 is 20.9 Å². The minimum Gasteiger partial charge on any atom is -0.497 e. The largest absolute Gasteiger partial charge is 0.497 e. The maximum absolute atomic E-state index is 13.6. The van der Waals surface area contributed by atoms with Gasteiger partial charge in [-0.2, -0.15) is 0 Å². The summed E-state index contributed by atoms with van der Waals surface area (Å²) in [5.41, 5.74) is 1.39. The Morgan fingerprint density at radius 1 is 0.978 bits per heavy atom. The van der Waals surface area contributed by atoms with Crippen molar-refractivity contribution in [3.8, 4) is 5.75 Å². The SMILES string of the molecule is CCCN(CCC)C(=O)c1cc(C(=O)N[C@@H](Cc2ccccc2)[C@H](O)CNC2(c3cccc(OC)c3)CCCCC2)cc(=O)[nH]1. The van der Waals surface area contributed by atoms with E-state index in [0.717, 1.165) is 61.8 Å². The van der Waals surface area contributed by atoms with E-state index < -0.39 is 23.6 Å². The molecular formula is C36H48N4O5. The Morgan fingerprint density at radius 2 is 1.69 bits per heavy atom. The van der Waals surface area contributed by atoms with Gasteiger partial charge in [-0.15, -0.1) is 0 Å². The number of aromatic amines is 1. The number of ether oxygens (including phenoxy) is 1. The van der Waals surface area contributed by atoms with Gasteiger partial charge in [0.2, 0.25) is 5.56 Å². The van der Waals surface area contributed by atoms with Gasteiger partial charge in [0.1, 0.15) is 11.4 Å². The summed E-state index contributed by atoms with van der Waals surface area (Å²) in [6, 6.07) is 19.7. The lowest BCUT2D eigenvalue weighted by Gasteiger charge is -2.40. The number of carbonyl (C=O) groups excluding carboxylic acids is 2. The second-order valence-electron chi connectivity index (χ2n) is 12.0. The van der Waals surface area contributed by atoms with Gasteiger partial charge in [0.05, 0.1) is 19.3 Å². The number of pyridine rings is 1. The van der Waals surface area contributed by atoms with E-state index in [2.05, 4.69) is 27.8 Å². The Bertz CT molecular complexity index is 1450. The average molecular weight is 617 g/mol. The van der Waals surface area contributed by atoms with Crippen LogP contribution in [0.25, 0.3) is 0 Å². The van der Waals surface area contributed by atoms with Gasteiger partial charge in [-0.3, -0.25) is 14.4 Å². The molecular weight excluding hydrogens is 568 g/mol. The van der Waals surface area contributed by atoms with E-state index in [1.807, 2.05) is 56.3 Å². The van der Waals surface area contributed by atoms with Crippen LogP contribution in [0.3, 0.4) is 0 Å². The molecule has 0 aliphatic heterocycles. The van der Waals surface area contributed by atoms with Crippen molar-refractivity contribution in [1.82, 2.24) is 20.5 Å². The van der Waals surface area contributed by atoms with E-state index in [1.165, 1.54) is 12.1 Å². The standard InChI is InChI=1S/C36H48N4O5/c1-4-19-40(20-5-2)35(44)31-22-27(23-33(42)38-31)34(43)39-30(21-26-13-8-6-9-14-26)32(41)25-37-36(17-10-7-11-18-36)28-15-12-16-29(24-28)45-3/h6,8-9,12-16,22-24,30,32,37,41H,4-5,7,10-11,17-21,25H2,1-3H3,(H,38,42)(H,39,43)/t30-,32+/m0/s1. The van der Waals surface area contributed by atoms with Gasteiger partial charge >= 0.3 is 0 Å². The minimum atomic E-state index is -0.939. The molecule has 1 saturated carbocycles. The van der Waals surface area contributed by atoms with Crippen LogP contribution in [0.5, 0.6) is 5.75 Å². The number of H-pyrrole nitrogens is 1. The first-order valence-electron chi connectivity index (χ1n) is 16.2. The second kappa shape index (κ2) is 16.4. The van der Waals surface area contributed by atoms with Crippen LogP contribution in [0, 0.1) is 0 Å². The summed E-state index contributed by atoms with van der Waals surface area (Å²) in [6.45, 7) is 5.34. The van der Waals surface area contributed by atoms with Gasteiger partial charge in [0.15, 0.2) is 0 Å². The number of methoxy groups -OCH3 is 1. The summed E-state index contributed by atoms with van der Waals surface area (Å²) in [6.07, 6.45) is 6.18. The van der Waals surface area contributed by atoms with Gasteiger partial charge in [0.25, 0.3) is 11.8 Å². The van der Waals surface area contributed by atoms with E-state index in [4.69, 9.17) is 4.74 Å². The summed E-state index contributed by atoms with van der Waals surface area (Å²) >= 11 is 0. The van der Waals surface area contributed by atoms with E-state index >= 15 is 0 Å². The van der Waals surface area contributed by atoms with Crippen molar-refractivity contribution in [1.29, 1.82) is 0 Å². The van der Waals surface area contributed by atoms with Gasteiger partial charge in [0, 0.05) is 36.8 Å². The van der Waals surface area contributed by atoms with E-state index in [1.54, 1.807) is 12.0 Å². The monoisotopic (exact) mass is 616 g/mol. The van der Waals surface area contributed by atoms with Gasteiger partial charge in [-0.1, -0.05) is 75.6 Å². The first kappa shape index (κ1) is 33.9. The van der Waals surface area contributed by atoms with Crippen LogP contribution in [-0.2, 0) is 12.0 Å². The summed E-state index contributed by atoms with van der Waals surface area (Å²) in [5.74, 6) is -0.0455. The number of hydrogen-bond acceptors (Lipinski definition) is 6. The lowest BCUT2D eigenvalue weighted by atomic mass is 9.76. The number of benzene rings is 2. The Kier molecular flexibility index (Phi) is 12.4. The number of aliphatic hydroxyl groups is 1. The number of amides is 2. The number of nitrogens with one attached hydrogen (secondary N) is 3. The zero-order valence-corrected chi connectivity index (χ0v) is 26.8. The third-order valence-electron chi connectivity index (χ3n) is 8.67. The molecule has 4 rings (SSSR count). The number of hydrogen-bond donors (Lipinski definition) is 4. The average Bonchev–Trinajstić information content (AvgIpc) is 3.07. The molecule has 0 unspecified atom stereocenters. The molecule has 2 amide bonds. The summed E-state index contributed by atoms with van der Waals surface area (Å²) < 4.78 is 5.50. The van der Waals surface area contributed by atoms with E-state index in [-0.39, 0.29) is 29.2 Å². The normalized spacial score (nSPS) is 15.6. The summed E-state index contributed by atoms with van der Waals surface area (Å²) in [5, 5.41) is 18.3. The Morgan fingerprint density at radius 3 is 2.36 bits per heavy atom. The van der Waals surface area contributed by atoms with Crippen molar-refractivity contribution in [2.45, 2.75) is 82.9 Å².